The molecule has 1 heterocycles. The third kappa shape index (κ3) is 2.09. The molecular weight excluding hydrogens is 234 g/mol. The van der Waals surface area contributed by atoms with Gasteiger partial charge in [-0.3, -0.25) is 4.79 Å². The second-order valence-electron chi connectivity index (χ2n) is 5.63. The number of H-pyrrole nitrogens is 1. The zero-order valence-corrected chi connectivity index (χ0v) is 11.8. The molecule has 3 rings (SSSR count). The Bertz CT molecular complexity index is 636. The van der Waals surface area contributed by atoms with E-state index in [2.05, 4.69) is 17.1 Å². The average molecular weight is 255 g/mol. The number of aromatic nitrogens is 1. The van der Waals surface area contributed by atoms with Crippen LogP contribution in [0.1, 0.15) is 59.8 Å². The van der Waals surface area contributed by atoms with Crippen LogP contribution in [0.4, 0.5) is 0 Å². The van der Waals surface area contributed by atoms with Crippen LogP contribution in [-0.2, 0) is 12.8 Å². The van der Waals surface area contributed by atoms with Gasteiger partial charge in [-0.2, -0.15) is 0 Å². The second kappa shape index (κ2) is 4.84. The molecule has 1 aliphatic rings. The van der Waals surface area contributed by atoms with Crippen molar-refractivity contribution in [2.75, 3.05) is 0 Å². The van der Waals surface area contributed by atoms with Crippen molar-refractivity contribution in [3.05, 3.63) is 34.5 Å². The summed E-state index contributed by atoms with van der Waals surface area (Å²) in [5, 5.41) is 1.13. The average Bonchev–Trinajstić information content (AvgIpc) is 2.58. The fourth-order valence-electron chi connectivity index (χ4n) is 3.28. The molecule has 2 heteroatoms. The number of benzene rings is 1. The summed E-state index contributed by atoms with van der Waals surface area (Å²) in [5.41, 5.74) is 5.98. The molecule has 1 aliphatic carbocycles. The van der Waals surface area contributed by atoms with Gasteiger partial charge >= 0.3 is 0 Å². The first kappa shape index (κ1) is 12.5. The molecule has 0 spiro atoms. The number of carbonyl (C=O) groups is 1. The molecular formula is C17H21NO. The molecule has 2 nitrogen and oxygen atoms in total. The number of rotatable bonds is 2. The van der Waals surface area contributed by atoms with E-state index in [-0.39, 0.29) is 5.78 Å². The van der Waals surface area contributed by atoms with Gasteiger partial charge < -0.3 is 4.98 Å². The molecule has 1 aromatic heterocycles. The Morgan fingerprint density at radius 1 is 1.16 bits per heavy atom. The second-order valence-corrected chi connectivity index (χ2v) is 5.63. The number of aromatic amines is 1. The molecule has 0 fully saturated rings. The zero-order chi connectivity index (χ0) is 13.4. The largest absolute Gasteiger partial charge is 0.358 e. The van der Waals surface area contributed by atoms with E-state index in [0.717, 1.165) is 28.6 Å². The van der Waals surface area contributed by atoms with Gasteiger partial charge in [0.15, 0.2) is 5.78 Å². The third-order valence-corrected chi connectivity index (χ3v) is 4.30. The van der Waals surface area contributed by atoms with Gasteiger partial charge in [0.1, 0.15) is 0 Å². The lowest BCUT2D eigenvalue weighted by Gasteiger charge is -2.06. The van der Waals surface area contributed by atoms with Gasteiger partial charge in [0.25, 0.3) is 0 Å². The number of hydrogen-bond acceptors (Lipinski definition) is 1. The standard InChI is InChI=1S/C17H21NO/c1-3-16(19)17-11(2)18-15-10-13-8-6-4-5-7-12(13)9-14(15)17/h9-10,18H,3-8H2,1-2H3. The van der Waals surface area contributed by atoms with Crippen LogP contribution in [0, 0.1) is 6.92 Å². The molecule has 100 valence electrons. The van der Waals surface area contributed by atoms with Gasteiger partial charge in [0.05, 0.1) is 0 Å². The van der Waals surface area contributed by atoms with Crippen LogP contribution < -0.4 is 0 Å². The summed E-state index contributed by atoms with van der Waals surface area (Å²) in [6, 6.07) is 4.54. The van der Waals surface area contributed by atoms with Crippen LogP contribution in [0.3, 0.4) is 0 Å². The highest BCUT2D eigenvalue weighted by atomic mass is 16.1. The Morgan fingerprint density at radius 3 is 2.53 bits per heavy atom. The molecule has 0 bridgehead atoms. The highest BCUT2D eigenvalue weighted by Crippen LogP contribution is 2.30. The lowest BCUT2D eigenvalue weighted by molar-refractivity contribution is 0.0989. The predicted octanol–water partition coefficient (Wildman–Crippen LogP) is 4.34. The van der Waals surface area contributed by atoms with Crippen molar-refractivity contribution in [3.63, 3.8) is 0 Å². The van der Waals surface area contributed by atoms with E-state index < -0.39 is 0 Å². The molecule has 0 aliphatic heterocycles. The first-order chi connectivity index (χ1) is 9.20. The van der Waals surface area contributed by atoms with Crippen LogP contribution in [0.5, 0.6) is 0 Å². The van der Waals surface area contributed by atoms with E-state index in [1.165, 1.54) is 36.8 Å². The van der Waals surface area contributed by atoms with Crippen molar-refractivity contribution in [3.8, 4) is 0 Å². The minimum Gasteiger partial charge on any atom is -0.358 e. The van der Waals surface area contributed by atoms with Crippen LogP contribution in [0.2, 0.25) is 0 Å². The Kier molecular flexibility index (Phi) is 3.17. The minimum absolute atomic E-state index is 0.248. The molecule has 19 heavy (non-hydrogen) atoms. The molecule has 0 saturated carbocycles. The molecule has 2 aromatic rings. The minimum atomic E-state index is 0.248. The molecule has 0 atom stereocenters. The maximum Gasteiger partial charge on any atom is 0.165 e. The number of ketones is 1. The number of Topliss-reactive ketones (excluding diaryl/α,β-unsaturated/α-hetero) is 1. The van der Waals surface area contributed by atoms with Crippen molar-refractivity contribution in [1.82, 2.24) is 4.98 Å². The van der Waals surface area contributed by atoms with Gasteiger partial charge in [0, 0.05) is 28.6 Å². The van der Waals surface area contributed by atoms with Crippen molar-refractivity contribution >= 4 is 16.7 Å². The van der Waals surface area contributed by atoms with Gasteiger partial charge in [-0.05, 0) is 55.9 Å². The summed E-state index contributed by atoms with van der Waals surface area (Å²) >= 11 is 0. The molecule has 0 radical (unpaired) electrons. The monoisotopic (exact) mass is 255 g/mol. The third-order valence-electron chi connectivity index (χ3n) is 4.30. The zero-order valence-electron chi connectivity index (χ0n) is 11.8. The van der Waals surface area contributed by atoms with Crippen LogP contribution in [0.15, 0.2) is 12.1 Å². The lowest BCUT2D eigenvalue weighted by Crippen LogP contribution is -1.98. The van der Waals surface area contributed by atoms with Crippen molar-refractivity contribution in [2.24, 2.45) is 0 Å². The number of fused-ring (bicyclic) bond motifs is 2. The van der Waals surface area contributed by atoms with E-state index in [0.29, 0.717) is 6.42 Å². The van der Waals surface area contributed by atoms with Crippen LogP contribution in [-0.4, -0.2) is 10.8 Å². The first-order valence-corrected chi connectivity index (χ1v) is 7.38. The van der Waals surface area contributed by atoms with Crippen molar-refractivity contribution in [2.45, 2.75) is 52.4 Å². The Morgan fingerprint density at radius 2 is 1.84 bits per heavy atom. The summed E-state index contributed by atoms with van der Waals surface area (Å²) in [6.07, 6.45) is 6.81. The normalized spacial score (nSPS) is 15.3. The van der Waals surface area contributed by atoms with Crippen molar-refractivity contribution < 1.29 is 4.79 Å². The summed E-state index contributed by atoms with van der Waals surface area (Å²) in [6.45, 7) is 3.94. The smallest absolute Gasteiger partial charge is 0.165 e. The molecule has 1 N–H and O–H groups in total. The topological polar surface area (TPSA) is 32.9 Å². The maximum atomic E-state index is 12.1. The number of hydrogen-bond donors (Lipinski definition) is 1. The van der Waals surface area contributed by atoms with E-state index >= 15 is 0 Å². The molecule has 1 aromatic carbocycles. The van der Waals surface area contributed by atoms with Crippen LogP contribution >= 0.6 is 0 Å². The van der Waals surface area contributed by atoms with Gasteiger partial charge in [0.2, 0.25) is 0 Å². The lowest BCUT2D eigenvalue weighted by atomic mass is 9.97. The maximum absolute atomic E-state index is 12.1. The van der Waals surface area contributed by atoms with Gasteiger partial charge in [-0.1, -0.05) is 13.3 Å². The van der Waals surface area contributed by atoms with Crippen LogP contribution in [0.25, 0.3) is 10.9 Å². The fraction of sp³-hybridized carbons (Fsp3) is 0.471. The first-order valence-electron chi connectivity index (χ1n) is 7.38. The Balaban J connectivity index is 2.21. The molecule has 0 amide bonds. The predicted molar refractivity (Wildman–Crippen MR) is 78.9 cm³/mol. The highest BCUT2D eigenvalue weighted by Gasteiger charge is 2.17. The van der Waals surface area contributed by atoms with Gasteiger partial charge in [-0.25, -0.2) is 0 Å². The highest BCUT2D eigenvalue weighted by molar-refractivity contribution is 6.09. The number of carbonyl (C=O) groups excluding carboxylic acids is 1. The fourth-order valence-corrected chi connectivity index (χ4v) is 3.28. The van der Waals surface area contributed by atoms with E-state index in [1.54, 1.807) is 0 Å². The van der Waals surface area contributed by atoms with Crippen molar-refractivity contribution in [1.29, 1.82) is 0 Å². The summed E-state index contributed by atoms with van der Waals surface area (Å²) in [4.78, 5) is 15.5. The van der Waals surface area contributed by atoms with E-state index in [9.17, 15) is 4.79 Å². The number of aryl methyl sites for hydroxylation is 3. The molecule has 0 unspecified atom stereocenters. The summed E-state index contributed by atoms with van der Waals surface area (Å²) < 4.78 is 0. The SMILES string of the molecule is CCC(=O)c1c(C)[nH]c2cc3c(cc12)CCCCC3. The van der Waals surface area contributed by atoms with E-state index in [4.69, 9.17) is 0 Å². The Hall–Kier alpha value is -1.57. The molecule has 0 saturated heterocycles. The quantitative estimate of drug-likeness (QED) is 0.628. The van der Waals surface area contributed by atoms with Gasteiger partial charge in [-0.15, -0.1) is 0 Å². The number of nitrogens with one attached hydrogen (secondary N) is 1. The van der Waals surface area contributed by atoms with E-state index in [1.807, 2.05) is 13.8 Å². The summed E-state index contributed by atoms with van der Waals surface area (Å²) in [5.74, 6) is 0.248. The Labute approximate surface area is 114 Å². The summed E-state index contributed by atoms with van der Waals surface area (Å²) in [7, 11) is 0.